The molecule has 3 N–H and O–H groups in total. The number of aliphatic hydroxyl groups excluding tert-OH is 1. The van der Waals surface area contributed by atoms with Gasteiger partial charge in [0.1, 0.15) is 6.04 Å². The van der Waals surface area contributed by atoms with Gasteiger partial charge in [0.15, 0.2) is 0 Å². The van der Waals surface area contributed by atoms with Crippen molar-refractivity contribution in [3.8, 4) is 0 Å². The summed E-state index contributed by atoms with van der Waals surface area (Å²) >= 11 is 0. The maximum atomic E-state index is 11.7. The number of carboxylic acid groups (broad SMARTS) is 1. The van der Waals surface area contributed by atoms with Gasteiger partial charge in [-0.2, -0.15) is 0 Å². The van der Waals surface area contributed by atoms with Crippen molar-refractivity contribution in [3.05, 3.63) is 0 Å². The molecule has 1 rings (SSSR count). The molecule has 8 heteroatoms. The molecule has 8 nitrogen and oxygen atoms in total. The highest BCUT2D eigenvalue weighted by Crippen LogP contribution is 2.17. The van der Waals surface area contributed by atoms with Crippen molar-refractivity contribution in [2.75, 3.05) is 27.2 Å². The molecule has 0 saturated carbocycles. The average molecular weight is 259 g/mol. The topological polar surface area (TPSA) is 110 Å². The number of likely N-dealkylation sites (tertiary alicyclic amines) is 1. The first kappa shape index (κ1) is 14.2. The van der Waals surface area contributed by atoms with Crippen molar-refractivity contribution >= 4 is 17.9 Å². The molecule has 0 aromatic carbocycles. The second-order valence-electron chi connectivity index (χ2n) is 4.34. The quantitative estimate of drug-likeness (QED) is 0.560. The Bertz CT molecular complexity index is 357. The maximum absolute atomic E-state index is 11.7. The summed E-state index contributed by atoms with van der Waals surface area (Å²) < 4.78 is 0. The van der Waals surface area contributed by atoms with Crippen LogP contribution in [0.5, 0.6) is 0 Å². The van der Waals surface area contributed by atoms with Crippen molar-refractivity contribution < 1.29 is 24.6 Å². The lowest BCUT2D eigenvalue weighted by atomic mass is 10.2. The third-order valence-corrected chi connectivity index (χ3v) is 2.71. The Kier molecular flexibility index (Phi) is 4.49. The fourth-order valence-corrected chi connectivity index (χ4v) is 1.68. The van der Waals surface area contributed by atoms with Crippen LogP contribution >= 0.6 is 0 Å². The molecule has 1 aliphatic rings. The van der Waals surface area contributed by atoms with E-state index in [0.29, 0.717) is 0 Å². The zero-order valence-corrected chi connectivity index (χ0v) is 10.3. The number of rotatable bonds is 3. The zero-order valence-electron chi connectivity index (χ0n) is 10.3. The van der Waals surface area contributed by atoms with Gasteiger partial charge < -0.3 is 25.3 Å². The number of aliphatic hydroxyl groups is 1. The first-order chi connectivity index (χ1) is 8.32. The van der Waals surface area contributed by atoms with E-state index in [-0.39, 0.29) is 25.4 Å². The molecular weight excluding hydrogens is 242 g/mol. The molecule has 1 heterocycles. The summed E-state index contributed by atoms with van der Waals surface area (Å²) in [5.41, 5.74) is 0. The fraction of sp³-hybridized carbons (Fsp3) is 0.700. The number of β-amino-alcohol motifs (C(OH)–C–C–N with tert-alkyl or cyclic N) is 1. The van der Waals surface area contributed by atoms with E-state index in [0.717, 1.165) is 4.90 Å². The molecule has 0 aromatic rings. The van der Waals surface area contributed by atoms with E-state index in [4.69, 9.17) is 5.11 Å². The summed E-state index contributed by atoms with van der Waals surface area (Å²) in [6, 6.07) is -1.70. The van der Waals surface area contributed by atoms with Gasteiger partial charge in [0, 0.05) is 27.1 Å². The zero-order chi connectivity index (χ0) is 13.9. The summed E-state index contributed by atoms with van der Waals surface area (Å²) in [6.45, 7) is -0.246. The molecule has 3 amide bonds. The van der Waals surface area contributed by atoms with E-state index < -0.39 is 24.1 Å². The largest absolute Gasteiger partial charge is 0.480 e. The first-order valence-corrected chi connectivity index (χ1v) is 5.48. The number of carboxylic acids is 1. The van der Waals surface area contributed by atoms with Crippen molar-refractivity contribution in [2.24, 2.45) is 0 Å². The third-order valence-electron chi connectivity index (χ3n) is 2.71. The normalized spacial score (nSPS) is 22.7. The van der Waals surface area contributed by atoms with Crippen LogP contribution in [0.1, 0.15) is 6.42 Å². The molecule has 1 saturated heterocycles. The Balaban J connectivity index is 2.55. The predicted octanol–water partition coefficient (Wildman–Crippen LogP) is -1.70. The monoisotopic (exact) mass is 259 g/mol. The maximum Gasteiger partial charge on any atom is 0.326 e. The number of likely N-dealkylation sites (N-methyl/N-ethyl adjacent to an activating group) is 1. The van der Waals surface area contributed by atoms with E-state index in [9.17, 15) is 19.5 Å². The van der Waals surface area contributed by atoms with E-state index in [1.807, 2.05) is 0 Å². The molecule has 0 bridgehead atoms. The number of carbonyl (C=O) groups excluding carboxylic acids is 2. The molecule has 0 radical (unpaired) electrons. The minimum absolute atomic E-state index is 0.00435. The van der Waals surface area contributed by atoms with Gasteiger partial charge in [0.2, 0.25) is 5.91 Å². The Morgan fingerprint density at radius 1 is 1.39 bits per heavy atom. The third kappa shape index (κ3) is 3.33. The summed E-state index contributed by atoms with van der Waals surface area (Å²) in [4.78, 5) is 36.2. The molecule has 1 fully saturated rings. The number of nitrogens with zero attached hydrogens (tertiary/aromatic N) is 2. The molecule has 2 atom stereocenters. The second kappa shape index (κ2) is 5.67. The van der Waals surface area contributed by atoms with Crippen molar-refractivity contribution in [1.29, 1.82) is 0 Å². The van der Waals surface area contributed by atoms with Crippen LogP contribution in [0.3, 0.4) is 0 Å². The van der Waals surface area contributed by atoms with E-state index >= 15 is 0 Å². The van der Waals surface area contributed by atoms with Crippen LogP contribution < -0.4 is 5.32 Å². The highest BCUT2D eigenvalue weighted by Gasteiger charge is 2.38. The average Bonchev–Trinajstić information content (AvgIpc) is 2.67. The van der Waals surface area contributed by atoms with Gasteiger partial charge in [-0.05, 0) is 0 Å². The van der Waals surface area contributed by atoms with Gasteiger partial charge in [-0.1, -0.05) is 0 Å². The minimum Gasteiger partial charge on any atom is -0.480 e. The van der Waals surface area contributed by atoms with Crippen LogP contribution in [0.25, 0.3) is 0 Å². The Labute approximate surface area is 104 Å². The molecule has 18 heavy (non-hydrogen) atoms. The number of urea groups is 1. The fourth-order valence-electron chi connectivity index (χ4n) is 1.68. The lowest BCUT2D eigenvalue weighted by molar-refractivity contribution is -0.141. The SMILES string of the molecule is CN(C)C(=O)CNC(=O)N1CC(O)CC1C(=O)O. The van der Waals surface area contributed by atoms with Crippen LogP contribution in [0.15, 0.2) is 0 Å². The Morgan fingerprint density at radius 3 is 2.50 bits per heavy atom. The van der Waals surface area contributed by atoms with Crippen molar-refractivity contribution in [3.63, 3.8) is 0 Å². The number of nitrogens with one attached hydrogen (secondary N) is 1. The number of aliphatic carboxylic acids is 1. The molecular formula is C10H17N3O5. The highest BCUT2D eigenvalue weighted by atomic mass is 16.4. The number of hydrogen-bond acceptors (Lipinski definition) is 4. The van der Waals surface area contributed by atoms with Gasteiger partial charge in [-0.3, -0.25) is 4.79 Å². The predicted molar refractivity (Wildman–Crippen MR) is 60.8 cm³/mol. The Morgan fingerprint density at radius 2 is 2.00 bits per heavy atom. The standard InChI is InChI=1S/C10H17N3O5/c1-12(2)8(15)4-11-10(18)13-5-6(14)3-7(13)9(16)17/h6-7,14H,3-5H2,1-2H3,(H,11,18)(H,16,17). The molecule has 2 unspecified atom stereocenters. The number of carbonyl (C=O) groups is 3. The summed E-state index contributed by atoms with van der Waals surface area (Å²) in [7, 11) is 3.10. The van der Waals surface area contributed by atoms with Gasteiger partial charge in [-0.25, -0.2) is 9.59 Å². The molecule has 0 aliphatic carbocycles. The Hall–Kier alpha value is -1.83. The van der Waals surface area contributed by atoms with Gasteiger partial charge in [0.25, 0.3) is 0 Å². The van der Waals surface area contributed by atoms with Crippen LogP contribution in [0, 0.1) is 0 Å². The molecule has 1 aliphatic heterocycles. The summed E-state index contributed by atoms with van der Waals surface area (Å²) in [6.07, 6.45) is -0.842. The van der Waals surface area contributed by atoms with Crippen molar-refractivity contribution in [1.82, 2.24) is 15.1 Å². The van der Waals surface area contributed by atoms with Crippen LogP contribution in [-0.4, -0.2) is 77.3 Å². The lowest BCUT2D eigenvalue weighted by Crippen LogP contribution is -2.48. The van der Waals surface area contributed by atoms with Gasteiger partial charge in [-0.15, -0.1) is 0 Å². The molecule has 102 valence electrons. The smallest absolute Gasteiger partial charge is 0.326 e. The number of amides is 3. The van der Waals surface area contributed by atoms with Crippen LogP contribution in [-0.2, 0) is 9.59 Å². The summed E-state index contributed by atoms with van der Waals surface area (Å²) in [5, 5.41) is 20.6. The van der Waals surface area contributed by atoms with Gasteiger partial charge >= 0.3 is 12.0 Å². The van der Waals surface area contributed by atoms with Crippen LogP contribution in [0.2, 0.25) is 0 Å². The molecule has 0 spiro atoms. The first-order valence-electron chi connectivity index (χ1n) is 5.48. The highest BCUT2D eigenvalue weighted by molar-refractivity contribution is 5.87. The van der Waals surface area contributed by atoms with E-state index in [1.165, 1.54) is 4.90 Å². The lowest BCUT2D eigenvalue weighted by Gasteiger charge is -2.21. The van der Waals surface area contributed by atoms with Gasteiger partial charge in [0.05, 0.1) is 12.6 Å². The second-order valence-corrected chi connectivity index (χ2v) is 4.34. The van der Waals surface area contributed by atoms with Crippen molar-refractivity contribution in [2.45, 2.75) is 18.6 Å². The summed E-state index contributed by atoms with van der Waals surface area (Å²) in [5.74, 6) is -1.46. The van der Waals surface area contributed by atoms with E-state index in [2.05, 4.69) is 5.32 Å². The van der Waals surface area contributed by atoms with E-state index in [1.54, 1.807) is 14.1 Å². The molecule has 0 aromatic heterocycles. The number of hydrogen-bond donors (Lipinski definition) is 3. The van der Waals surface area contributed by atoms with Crippen LogP contribution in [0.4, 0.5) is 4.79 Å². The minimum atomic E-state index is -1.17.